The van der Waals surface area contributed by atoms with Gasteiger partial charge in [-0.2, -0.15) is 0 Å². The Hall–Kier alpha value is -2.90. The van der Waals surface area contributed by atoms with Crippen molar-refractivity contribution < 1.29 is 19.2 Å². The average Bonchev–Trinajstić information content (AvgIpc) is 2.80. The number of amides is 5. The summed E-state index contributed by atoms with van der Waals surface area (Å²) >= 11 is 0. The fraction of sp³-hybridized carbons (Fsp3) is 0.500. The summed E-state index contributed by atoms with van der Waals surface area (Å²) in [5.41, 5.74) is 0.270. The minimum Gasteiger partial charge on any atom is -0.324 e. The van der Waals surface area contributed by atoms with Crippen molar-refractivity contribution in [3.05, 3.63) is 24.3 Å². The number of carbonyl (C=O) groups excluding carboxylic acids is 4. The lowest BCUT2D eigenvalue weighted by Gasteiger charge is -2.31. The second kappa shape index (κ2) is 6.92. The maximum atomic E-state index is 13.2. The van der Waals surface area contributed by atoms with Crippen molar-refractivity contribution in [3.8, 4) is 0 Å². The number of fused-ring (bicyclic) bond motifs is 1. The van der Waals surface area contributed by atoms with E-state index in [1.807, 2.05) is 0 Å². The molecule has 3 aliphatic rings. The Morgan fingerprint density at radius 3 is 2.61 bits per heavy atom. The van der Waals surface area contributed by atoms with Crippen LogP contribution in [0, 0.1) is 0 Å². The number of anilines is 2. The topological polar surface area (TPSA) is 98.8 Å². The first kappa shape index (κ1) is 18.5. The molecule has 8 nitrogen and oxygen atoms in total. The molecule has 2 heterocycles. The van der Waals surface area contributed by atoms with Gasteiger partial charge in [-0.1, -0.05) is 31.4 Å². The first-order valence-electron chi connectivity index (χ1n) is 9.76. The van der Waals surface area contributed by atoms with Gasteiger partial charge < -0.3 is 15.5 Å². The maximum absolute atomic E-state index is 13.2. The van der Waals surface area contributed by atoms with Crippen molar-refractivity contribution in [2.45, 2.75) is 57.0 Å². The molecule has 1 aromatic rings. The van der Waals surface area contributed by atoms with E-state index in [0.29, 0.717) is 24.2 Å². The van der Waals surface area contributed by atoms with E-state index in [2.05, 4.69) is 10.6 Å². The molecule has 0 radical (unpaired) electrons. The quantitative estimate of drug-likeness (QED) is 0.762. The van der Waals surface area contributed by atoms with Crippen molar-refractivity contribution in [3.63, 3.8) is 0 Å². The predicted molar refractivity (Wildman–Crippen MR) is 103 cm³/mol. The van der Waals surface area contributed by atoms with Gasteiger partial charge in [0.15, 0.2) is 0 Å². The van der Waals surface area contributed by atoms with E-state index in [-0.39, 0.29) is 36.7 Å². The van der Waals surface area contributed by atoms with E-state index in [1.54, 1.807) is 31.2 Å². The van der Waals surface area contributed by atoms with Crippen molar-refractivity contribution >= 4 is 35.1 Å². The lowest BCUT2D eigenvalue weighted by Crippen LogP contribution is -2.50. The number of benzene rings is 1. The normalized spacial score (nSPS) is 23.9. The lowest BCUT2D eigenvalue weighted by molar-refractivity contribution is -0.135. The molecule has 1 spiro atoms. The van der Waals surface area contributed by atoms with Crippen molar-refractivity contribution in [1.82, 2.24) is 10.2 Å². The largest absolute Gasteiger partial charge is 0.325 e. The molecule has 1 atom stereocenters. The summed E-state index contributed by atoms with van der Waals surface area (Å²) in [6, 6.07) is 6.15. The highest BCUT2D eigenvalue weighted by molar-refractivity contribution is 6.11. The number of nitrogens with one attached hydrogen (secondary N) is 2. The summed E-state index contributed by atoms with van der Waals surface area (Å²) in [5, 5.41) is 5.63. The van der Waals surface area contributed by atoms with Gasteiger partial charge >= 0.3 is 6.03 Å². The first-order valence-corrected chi connectivity index (χ1v) is 9.76. The molecule has 2 aliphatic heterocycles. The molecule has 0 aromatic heterocycles. The molecule has 8 heteroatoms. The third kappa shape index (κ3) is 3.02. The highest BCUT2D eigenvalue weighted by atomic mass is 16.2. The van der Waals surface area contributed by atoms with E-state index >= 15 is 0 Å². The van der Waals surface area contributed by atoms with Crippen LogP contribution < -0.4 is 15.5 Å². The van der Waals surface area contributed by atoms with Crippen LogP contribution >= 0.6 is 0 Å². The molecule has 5 amide bonds. The van der Waals surface area contributed by atoms with E-state index in [4.69, 9.17) is 0 Å². The summed E-state index contributed by atoms with van der Waals surface area (Å²) in [4.78, 5) is 53.2. The Kier molecular flexibility index (Phi) is 4.56. The Labute approximate surface area is 163 Å². The molecule has 0 bridgehead atoms. The molecular weight excluding hydrogens is 360 g/mol. The van der Waals surface area contributed by atoms with E-state index in [9.17, 15) is 19.2 Å². The van der Waals surface area contributed by atoms with Crippen molar-refractivity contribution in [2.75, 3.05) is 16.8 Å². The molecular formula is C20H24N4O4. The van der Waals surface area contributed by atoms with Gasteiger partial charge in [0.05, 0.1) is 11.4 Å². The Morgan fingerprint density at radius 1 is 1.14 bits per heavy atom. The van der Waals surface area contributed by atoms with E-state index < -0.39 is 11.6 Å². The fourth-order valence-electron chi connectivity index (χ4n) is 4.49. The summed E-state index contributed by atoms with van der Waals surface area (Å²) < 4.78 is 0. The van der Waals surface area contributed by atoms with Crippen LogP contribution in [0.25, 0.3) is 0 Å². The first-order chi connectivity index (χ1) is 13.4. The van der Waals surface area contributed by atoms with Gasteiger partial charge in [0.25, 0.3) is 5.91 Å². The zero-order valence-corrected chi connectivity index (χ0v) is 15.9. The van der Waals surface area contributed by atoms with Crippen LogP contribution in [0.15, 0.2) is 24.3 Å². The van der Waals surface area contributed by atoms with Crippen LogP contribution in [0.5, 0.6) is 0 Å². The number of hydrogen-bond acceptors (Lipinski definition) is 4. The van der Waals surface area contributed by atoms with Crippen molar-refractivity contribution in [2.24, 2.45) is 0 Å². The highest BCUT2D eigenvalue weighted by Crippen LogP contribution is 2.35. The molecule has 1 saturated carbocycles. The highest BCUT2D eigenvalue weighted by Gasteiger charge is 2.52. The lowest BCUT2D eigenvalue weighted by atomic mass is 9.82. The molecule has 2 fully saturated rings. The SMILES string of the molecule is C[C@H]1CC(=O)Nc2ccccc2N1C(=O)CN1C(=O)NC2(CCCCC2)C1=O. The van der Waals surface area contributed by atoms with Gasteiger partial charge in [-0.3, -0.25) is 19.3 Å². The molecule has 2 N–H and O–H groups in total. The second-order valence-corrected chi connectivity index (χ2v) is 7.85. The smallest absolute Gasteiger partial charge is 0.324 e. The molecule has 1 saturated heterocycles. The maximum Gasteiger partial charge on any atom is 0.325 e. The molecule has 4 rings (SSSR count). The predicted octanol–water partition coefficient (Wildman–Crippen LogP) is 2.00. The molecule has 0 unspecified atom stereocenters. The Bertz CT molecular complexity index is 846. The van der Waals surface area contributed by atoms with E-state index in [1.165, 1.54) is 4.90 Å². The van der Waals surface area contributed by atoms with Crippen LogP contribution in [0.2, 0.25) is 0 Å². The number of rotatable bonds is 2. The van der Waals surface area contributed by atoms with Gasteiger partial charge in [0.2, 0.25) is 11.8 Å². The number of urea groups is 1. The summed E-state index contributed by atoms with van der Waals surface area (Å²) in [5.74, 6) is -0.866. The van der Waals surface area contributed by atoms with Gasteiger partial charge in [-0.05, 0) is 31.9 Å². The minimum atomic E-state index is -0.852. The van der Waals surface area contributed by atoms with Gasteiger partial charge in [0.1, 0.15) is 12.1 Å². The van der Waals surface area contributed by atoms with E-state index in [0.717, 1.165) is 24.2 Å². The van der Waals surface area contributed by atoms with Crippen LogP contribution in [-0.2, 0) is 14.4 Å². The monoisotopic (exact) mass is 384 g/mol. The van der Waals surface area contributed by atoms with Crippen molar-refractivity contribution in [1.29, 1.82) is 0 Å². The molecule has 148 valence electrons. The minimum absolute atomic E-state index is 0.143. The third-order valence-corrected chi connectivity index (χ3v) is 5.87. The zero-order chi connectivity index (χ0) is 19.9. The zero-order valence-electron chi connectivity index (χ0n) is 15.9. The fourth-order valence-corrected chi connectivity index (χ4v) is 4.49. The standard InChI is InChI=1S/C20H24N4O4/c1-13-11-16(25)21-14-7-3-4-8-15(14)24(13)17(26)12-23-18(27)20(22-19(23)28)9-5-2-6-10-20/h3-4,7-8,13H,2,5-6,9-12H2,1H3,(H,21,25)(H,22,28)/t13-/m0/s1. The van der Waals surface area contributed by atoms with Crippen LogP contribution in [0.1, 0.15) is 45.4 Å². The average molecular weight is 384 g/mol. The van der Waals surface area contributed by atoms with Gasteiger partial charge in [0, 0.05) is 12.5 Å². The number of hydrogen-bond donors (Lipinski definition) is 2. The number of para-hydroxylation sites is 2. The third-order valence-electron chi connectivity index (χ3n) is 5.87. The Balaban J connectivity index is 1.59. The van der Waals surface area contributed by atoms with Gasteiger partial charge in [-0.15, -0.1) is 0 Å². The number of carbonyl (C=O) groups is 4. The van der Waals surface area contributed by atoms with Crippen LogP contribution in [0.3, 0.4) is 0 Å². The second-order valence-electron chi connectivity index (χ2n) is 7.85. The Morgan fingerprint density at radius 2 is 1.86 bits per heavy atom. The molecule has 1 aromatic carbocycles. The van der Waals surface area contributed by atoms with Crippen LogP contribution in [-0.4, -0.2) is 46.8 Å². The number of nitrogens with zero attached hydrogens (tertiary/aromatic N) is 2. The molecule has 1 aliphatic carbocycles. The summed E-state index contributed by atoms with van der Waals surface area (Å²) in [6.07, 6.45) is 4.20. The number of imide groups is 1. The van der Waals surface area contributed by atoms with Gasteiger partial charge in [-0.25, -0.2) is 4.79 Å². The van der Waals surface area contributed by atoms with Crippen LogP contribution in [0.4, 0.5) is 16.2 Å². The molecule has 28 heavy (non-hydrogen) atoms. The summed E-state index contributed by atoms with van der Waals surface area (Å²) in [7, 11) is 0. The summed E-state index contributed by atoms with van der Waals surface area (Å²) in [6.45, 7) is 1.45.